The standard InChI is InChI=1S/C15H11ClF2N2O2/c1-8-2-3-9(16)6-13(8)20-15(22)14(21)19-10-4-5-11(17)12(18)7-10/h2-7H,1H3,(H,19,21)(H,20,22). The van der Waals surface area contributed by atoms with Gasteiger partial charge in [0.1, 0.15) is 0 Å². The van der Waals surface area contributed by atoms with Gasteiger partial charge in [-0.2, -0.15) is 0 Å². The third-order valence-electron chi connectivity index (χ3n) is 2.83. The lowest BCUT2D eigenvalue weighted by molar-refractivity contribution is -0.133. The molecule has 2 amide bonds. The second-order valence-corrected chi connectivity index (χ2v) is 4.93. The maximum atomic E-state index is 13.0. The fourth-order valence-electron chi connectivity index (χ4n) is 1.67. The SMILES string of the molecule is Cc1ccc(Cl)cc1NC(=O)C(=O)Nc1ccc(F)c(F)c1. The summed E-state index contributed by atoms with van der Waals surface area (Å²) in [5.74, 6) is -4.12. The van der Waals surface area contributed by atoms with Crippen LogP contribution in [0.5, 0.6) is 0 Å². The number of hydrogen-bond acceptors (Lipinski definition) is 2. The van der Waals surface area contributed by atoms with Crippen LogP contribution < -0.4 is 10.6 Å². The minimum atomic E-state index is -1.12. The molecule has 0 fully saturated rings. The number of hydrogen-bond donors (Lipinski definition) is 2. The lowest BCUT2D eigenvalue weighted by Crippen LogP contribution is -2.29. The first-order valence-electron chi connectivity index (χ1n) is 6.20. The third-order valence-corrected chi connectivity index (χ3v) is 3.07. The van der Waals surface area contributed by atoms with Crippen LogP contribution in [0.4, 0.5) is 20.2 Å². The Morgan fingerprint density at radius 3 is 2.32 bits per heavy atom. The molecule has 2 N–H and O–H groups in total. The molecule has 0 unspecified atom stereocenters. The molecule has 2 rings (SSSR count). The predicted molar refractivity (Wildman–Crippen MR) is 79.8 cm³/mol. The van der Waals surface area contributed by atoms with Crippen molar-refractivity contribution < 1.29 is 18.4 Å². The second-order valence-electron chi connectivity index (χ2n) is 4.50. The van der Waals surface area contributed by atoms with E-state index in [1.54, 1.807) is 19.1 Å². The maximum absolute atomic E-state index is 13.0. The van der Waals surface area contributed by atoms with Crippen molar-refractivity contribution in [2.45, 2.75) is 6.92 Å². The zero-order valence-electron chi connectivity index (χ0n) is 11.4. The van der Waals surface area contributed by atoms with Crippen LogP contribution in [0.2, 0.25) is 5.02 Å². The summed E-state index contributed by atoms with van der Waals surface area (Å²) in [6.45, 7) is 1.74. The van der Waals surface area contributed by atoms with E-state index < -0.39 is 23.4 Å². The van der Waals surface area contributed by atoms with E-state index in [2.05, 4.69) is 10.6 Å². The molecule has 0 aliphatic carbocycles. The minimum absolute atomic E-state index is 0.0260. The fraction of sp³-hybridized carbons (Fsp3) is 0.0667. The summed E-state index contributed by atoms with van der Waals surface area (Å²) >= 11 is 5.81. The first-order valence-corrected chi connectivity index (χ1v) is 6.58. The molecule has 0 aromatic heterocycles. The molecule has 2 aromatic rings. The molecule has 0 bridgehead atoms. The lowest BCUT2D eigenvalue weighted by Gasteiger charge is -2.09. The Balaban J connectivity index is 2.07. The number of nitrogens with one attached hydrogen (secondary N) is 2. The summed E-state index contributed by atoms with van der Waals surface area (Å²) in [6.07, 6.45) is 0. The molecule has 0 aliphatic heterocycles. The van der Waals surface area contributed by atoms with Gasteiger partial charge in [-0.25, -0.2) is 8.78 Å². The van der Waals surface area contributed by atoms with Crippen molar-refractivity contribution in [1.82, 2.24) is 0 Å². The van der Waals surface area contributed by atoms with Crippen LogP contribution in [0.3, 0.4) is 0 Å². The molecule has 0 spiro atoms. The predicted octanol–water partition coefficient (Wildman–Crippen LogP) is 3.50. The van der Waals surface area contributed by atoms with E-state index >= 15 is 0 Å². The lowest BCUT2D eigenvalue weighted by atomic mass is 10.2. The first kappa shape index (κ1) is 15.9. The van der Waals surface area contributed by atoms with Crippen molar-refractivity contribution >= 4 is 34.8 Å². The number of anilines is 2. The van der Waals surface area contributed by atoms with Crippen LogP contribution in [0.15, 0.2) is 36.4 Å². The van der Waals surface area contributed by atoms with Crippen molar-refractivity contribution in [3.63, 3.8) is 0 Å². The molecule has 0 aliphatic rings. The highest BCUT2D eigenvalue weighted by atomic mass is 35.5. The Bertz CT molecular complexity index is 750. The van der Waals surface area contributed by atoms with Crippen LogP contribution in [-0.2, 0) is 9.59 Å². The summed E-state index contributed by atoms with van der Waals surface area (Å²) in [5, 5.41) is 4.97. The van der Waals surface area contributed by atoms with Crippen LogP contribution in [0.25, 0.3) is 0 Å². The number of carbonyl (C=O) groups excluding carboxylic acids is 2. The maximum Gasteiger partial charge on any atom is 0.314 e. The van der Waals surface area contributed by atoms with E-state index in [0.29, 0.717) is 10.7 Å². The van der Waals surface area contributed by atoms with Gasteiger partial charge in [-0.15, -0.1) is 0 Å². The first-order chi connectivity index (χ1) is 10.4. The van der Waals surface area contributed by atoms with Gasteiger partial charge in [-0.05, 0) is 36.8 Å². The number of benzene rings is 2. The molecule has 0 heterocycles. The Labute approximate surface area is 130 Å². The smallest absolute Gasteiger partial charge is 0.314 e. The van der Waals surface area contributed by atoms with Gasteiger partial charge in [0.2, 0.25) is 0 Å². The summed E-state index contributed by atoms with van der Waals surface area (Å²) in [4.78, 5) is 23.5. The number of aryl methyl sites for hydroxylation is 1. The van der Waals surface area contributed by atoms with Crippen LogP contribution in [0.1, 0.15) is 5.56 Å². The highest BCUT2D eigenvalue weighted by Crippen LogP contribution is 2.20. The number of amides is 2. The molecule has 2 aromatic carbocycles. The zero-order valence-corrected chi connectivity index (χ0v) is 12.2. The molecule has 7 heteroatoms. The number of halogens is 3. The van der Waals surface area contributed by atoms with Crippen molar-refractivity contribution in [2.24, 2.45) is 0 Å². The van der Waals surface area contributed by atoms with Gasteiger partial charge in [0.25, 0.3) is 0 Å². The summed E-state index contributed by atoms with van der Waals surface area (Å²) in [6, 6.07) is 7.61. The van der Waals surface area contributed by atoms with E-state index in [1.807, 2.05) is 0 Å². The van der Waals surface area contributed by atoms with E-state index in [0.717, 1.165) is 23.8 Å². The molecule has 0 saturated carbocycles. The second kappa shape index (κ2) is 6.53. The molecular weight excluding hydrogens is 314 g/mol. The van der Waals surface area contributed by atoms with Crippen LogP contribution in [-0.4, -0.2) is 11.8 Å². The van der Waals surface area contributed by atoms with E-state index in [4.69, 9.17) is 11.6 Å². The van der Waals surface area contributed by atoms with Gasteiger partial charge >= 0.3 is 11.8 Å². The minimum Gasteiger partial charge on any atom is -0.318 e. The number of rotatable bonds is 2. The van der Waals surface area contributed by atoms with Crippen molar-refractivity contribution in [1.29, 1.82) is 0 Å². The monoisotopic (exact) mass is 324 g/mol. The van der Waals surface area contributed by atoms with Crippen molar-refractivity contribution in [3.8, 4) is 0 Å². The zero-order chi connectivity index (χ0) is 16.3. The topological polar surface area (TPSA) is 58.2 Å². The van der Waals surface area contributed by atoms with Crippen LogP contribution in [0, 0.1) is 18.6 Å². The summed E-state index contributed by atoms with van der Waals surface area (Å²) < 4.78 is 25.8. The fourth-order valence-corrected chi connectivity index (χ4v) is 1.84. The van der Waals surface area contributed by atoms with Crippen molar-refractivity contribution in [3.05, 3.63) is 58.6 Å². The Kier molecular flexibility index (Phi) is 4.72. The highest BCUT2D eigenvalue weighted by Gasteiger charge is 2.16. The van der Waals surface area contributed by atoms with Gasteiger partial charge in [0.05, 0.1) is 0 Å². The Morgan fingerprint density at radius 2 is 1.64 bits per heavy atom. The average molecular weight is 325 g/mol. The highest BCUT2D eigenvalue weighted by molar-refractivity contribution is 6.43. The summed E-state index contributed by atoms with van der Waals surface area (Å²) in [5.41, 5.74) is 1.08. The van der Waals surface area contributed by atoms with Gasteiger partial charge in [-0.1, -0.05) is 17.7 Å². The quantitative estimate of drug-likeness (QED) is 0.831. The molecule has 0 radical (unpaired) electrons. The van der Waals surface area contributed by atoms with Gasteiger partial charge in [-0.3, -0.25) is 9.59 Å². The normalized spacial score (nSPS) is 10.2. The Morgan fingerprint density at radius 1 is 0.955 bits per heavy atom. The van der Waals surface area contributed by atoms with Gasteiger partial charge in [0.15, 0.2) is 11.6 Å². The van der Waals surface area contributed by atoms with E-state index in [1.165, 1.54) is 6.07 Å². The van der Waals surface area contributed by atoms with E-state index in [9.17, 15) is 18.4 Å². The Hall–Kier alpha value is -2.47. The number of carbonyl (C=O) groups is 2. The van der Waals surface area contributed by atoms with Gasteiger partial charge < -0.3 is 10.6 Å². The van der Waals surface area contributed by atoms with Gasteiger partial charge in [0, 0.05) is 22.5 Å². The molecule has 114 valence electrons. The van der Waals surface area contributed by atoms with Crippen LogP contribution >= 0.6 is 11.6 Å². The molecule has 22 heavy (non-hydrogen) atoms. The van der Waals surface area contributed by atoms with E-state index in [-0.39, 0.29) is 5.69 Å². The molecule has 0 saturated heterocycles. The average Bonchev–Trinajstić information content (AvgIpc) is 2.46. The largest absolute Gasteiger partial charge is 0.318 e. The molecular formula is C15H11ClF2N2O2. The van der Waals surface area contributed by atoms with Crippen molar-refractivity contribution in [2.75, 3.05) is 10.6 Å². The molecule has 0 atom stereocenters. The molecule has 4 nitrogen and oxygen atoms in total. The summed E-state index contributed by atoms with van der Waals surface area (Å²) in [7, 11) is 0. The third kappa shape index (κ3) is 3.79.